The molecule has 0 aliphatic rings. The first-order valence-corrected chi connectivity index (χ1v) is 4.04. The number of rotatable bonds is 4. The second kappa shape index (κ2) is 6.04. The zero-order valence-electron chi connectivity index (χ0n) is 7.16. The van der Waals surface area contributed by atoms with Gasteiger partial charge in [-0.05, 0) is 18.4 Å². The Bertz CT molecular complexity index is 171. The maximum atomic E-state index is 4.52. The number of thiocarbonyl (C=S) groups is 1. The fraction of sp³-hybridized carbons (Fsp3) is 0.500. The average Bonchev–Trinajstić information content (AvgIpc) is 1.86. The summed E-state index contributed by atoms with van der Waals surface area (Å²) in [4.78, 5) is 0. The average molecular weight is 170 g/mol. The number of hydrogen-bond donors (Lipinski definition) is 1. The van der Waals surface area contributed by atoms with E-state index >= 15 is 0 Å². The molecule has 0 radical (unpaired) electrons. The van der Waals surface area contributed by atoms with E-state index in [-0.39, 0.29) is 0 Å². The molecule has 2 nitrogen and oxygen atoms in total. The summed E-state index contributed by atoms with van der Waals surface area (Å²) in [5, 5.41) is 3.84. The van der Waals surface area contributed by atoms with Gasteiger partial charge in [0.1, 0.15) is 0 Å². The van der Waals surface area contributed by atoms with Crippen LogP contribution in [0, 0.1) is 5.92 Å². The summed E-state index contributed by atoms with van der Waals surface area (Å²) in [6.07, 6.45) is 3.89. The van der Waals surface area contributed by atoms with Crippen LogP contribution >= 0.6 is 12.2 Å². The van der Waals surface area contributed by atoms with Gasteiger partial charge in [0, 0.05) is 6.21 Å². The van der Waals surface area contributed by atoms with Crippen LogP contribution in [0.4, 0.5) is 0 Å². The summed E-state index contributed by atoms with van der Waals surface area (Å²) < 4.78 is 0. The van der Waals surface area contributed by atoms with E-state index in [1.165, 1.54) is 5.49 Å². The van der Waals surface area contributed by atoms with Gasteiger partial charge in [-0.3, -0.25) is 5.43 Å². The minimum atomic E-state index is 0.564. The Hall–Kier alpha value is -0.700. The highest BCUT2D eigenvalue weighted by molar-refractivity contribution is 7.78. The first-order chi connectivity index (χ1) is 5.16. The summed E-state index contributed by atoms with van der Waals surface area (Å²) in [6.45, 7) is 6.27. The molecule has 11 heavy (non-hydrogen) atoms. The van der Waals surface area contributed by atoms with Crippen LogP contribution in [0.3, 0.4) is 0 Å². The number of nitrogens with zero attached hydrogens (tertiary/aromatic N) is 1. The molecule has 0 aromatic heterocycles. The second-order valence-electron chi connectivity index (χ2n) is 2.66. The van der Waals surface area contributed by atoms with Crippen LogP contribution in [0.15, 0.2) is 16.8 Å². The van der Waals surface area contributed by atoms with Crippen LogP contribution in [0.1, 0.15) is 20.8 Å². The van der Waals surface area contributed by atoms with Gasteiger partial charge in [-0.25, -0.2) is 0 Å². The molecule has 0 aliphatic heterocycles. The van der Waals surface area contributed by atoms with E-state index in [4.69, 9.17) is 0 Å². The summed E-state index contributed by atoms with van der Waals surface area (Å²) >= 11 is 4.52. The van der Waals surface area contributed by atoms with Gasteiger partial charge in [0.2, 0.25) is 0 Å². The highest BCUT2D eigenvalue weighted by Gasteiger charge is 1.86. The minimum Gasteiger partial charge on any atom is -0.275 e. The predicted octanol–water partition coefficient (Wildman–Crippen LogP) is 2.12. The van der Waals surface area contributed by atoms with Gasteiger partial charge in [0.15, 0.2) is 0 Å². The Kier molecular flexibility index (Phi) is 5.65. The first-order valence-electron chi connectivity index (χ1n) is 3.57. The molecule has 0 unspecified atom stereocenters. The lowest BCUT2D eigenvalue weighted by Crippen LogP contribution is -1.99. The molecule has 0 aromatic carbocycles. The van der Waals surface area contributed by atoms with Crippen molar-refractivity contribution in [1.82, 2.24) is 5.43 Å². The predicted molar refractivity (Wildman–Crippen MR) is 53.9 cm³/mol. The van der Waals surface area contributed by atoms with Crippen LogP contribution in [-0.4, -0.2) is 11.7 Å². The van der Waals surface area contributed by atoms with E-state index in [0.717, 1.165) is 5.57 Å². The van der Waals surface area contributed by atoms with Crippen molar-refractivity contribution in [3.8, 4) is 0 Å². The molecule has 3 heteroatoms. The van der Waals surface area contributed by atoms with Crippen LogP contribution in [0.2, 0.25) is 0 Å². The molecule has 0 amide bonds. The number of allylic oxidation sites excluding steroid dienone is 2. The molecule has 0 fully saturated rings. The Morgan fingerprint density at radius 3 is 2.64 bits per heavy atom. The first kappa shape index (κ1) is 10.3. The molecule has 0 bridgehead atoms. The van der Waals surface area contributed by atoms with E-state index < -0.39 is 0 Å². The molecule has 0 atom stereocenters. The topological polar surface area (TPSA) is 24.4 Å². The van der Waals surface area contributed by atoms with Gasteiger partial charge in [-0.15, -0.1) is 0 Å². The Labute approximate surface area is 73.4 Å². The number of hydrogen-bond acceptors (Lipinski definition) is 2. The van der Waals surface area contributed by atoms with Gasteiger partial charge in [-0.1, -0.05) is 32.1 Å². The summed E-state index contributed by atoms with van der Waals surface area (Å²) in [7, 11) is 0. The van der Waals surface area contributed by atoms with E-state index in [1.54, 1.807) is 6.21 Å². The number of nitrogens with one attached hydrogen (secondary N) is 1. The van der Waals surface area contributed by atoms with Crippen molar-refractivity contribution in [2.45, 2.75) is 20.8 Å². The van der Waals surface area contributed by atoms with Crippen molar-refractivity contribution in [3.63, 3.8) is 0 Å². The monoisotopic (exact) mass is 170 g/mol. The van der Waals surface area contributed by atoms with Gasteiger partial charge in [0.25, 0.3) is 0 Å². The fourth-order valence-electron chi connectivity index (χ4n) is 0.738. The summed E-state index contributed by atoms with van der Waals surface area (Å²) in [5.41, 5.74) is 5.09. The molecule has 0 heterocycles. The normalized spacial score (nSPS) is 12.5. The molecular formula is C8H14N2S. The third-order valence-corrected chi connectivity index (χ3v) is 1.10. The molecule has 0 aliphatic carbocycles. The third-order valence-electron chi connectivity index (χ3n) is 0.992. The van der Waals surface area contributed by atoms with Crippen LogP contribution in [-0.2, 0) is 0 Å². The third kappa shape index (κ3) is 7.19. The lowest BCUT2D eigenvalue weighted by atomic mass is 10.1. The molecule has 0 spiro atoms. The quantitative estimate of drug-likeness (QED) is 0.397. The molecule has 0 saturated heterocycles. The van der Waals surface area contributed by atoms with Gasteiger partial charge in [0.05, 0.1) is 5.49 Å². The summed E-state index contributed by atoms with van der Waals surface area (Å²) in [5.74, 6) is 0.564. The maximum Gasteiger partial charge on any atom is 0.0829 e. The van der Waals surface area contributed by atoms with E-state index in [0.29, 0.717) is 5.92 Å². The van der Waals surface area contributed by atoms with E-state index in [1.807, 2.05) is 6.92 Å². The van der Waals surface area contributed by atoms with Crippen molar-refractivity contribution in [2.75, 3.05) is 0 Å². The Balaban J connectivity index is 3.84. The zero-order chi connectivity index (χ0) is 8.69. The largest absolute Gasteiger partial charge is 0.275 e. The molecule has 1 N–H and O–H groups in total. The molecular weight excluding hydrogens is 156 g/mol. The lowest BCUT2D eigenvalue weighted by molar-refractivity contribution is 0.827. The van der Waals surface area contributed by atoms with Gasteiger partial charge < -0.3 is 0 Å². The van der Waals surface area contributed by atoms with E-state index in [9.17, 15) is 0 Å². The zero-order valence-corrected chi connectivity index (χ0v) is 7.98. The van der Waals surface area contributed by atoms with Gasteiger partial charge in [-0.2, -0.15) is 5.10 Å². The van der Waals surface area contributed by atoms with Gasteiger partial charge >= 0.3 is 0 Å². The van der Waals surface area contributed by atoms with Crippen LogP contribution in [0.25, 0.3) is 0 Å². The van der Waals surface area contributed by atoms with Crippen molar-refractivity contribution in [1.29, 1.82) is 0 Å². The Morgan fingerprint density at radius 2 is 2.18 bits per heavy atom. The molecule has 0 rings (SSSR count). The Morgan fingerprint density at radius 1 is 1.55 bits per heavy atom. The number of hydrazone groups is 1. The van der Waals surface area contributed by atoms with E-state index in [2.05, 4.69) is 42.7 Å². The van der Waals surface area contributed by atoms with Crippen molar-refractivity contribution in [2.24, 2.45) is 11.0 Å². The smallest absolute Gasteiger partial charge is 0.0829 e. The highest BCUT2D eigenvalue weighted by atomic mass is 32.1. The van der Waals surface area contributed by atoms with Crippen molar-refractivity contribution >= 4 is 23.9 Å². The van der Waals surface area contributed by atoms with Crippen molar-refractivity contribution < 1.29 is 0 Å². The summed E-state index contributed by atoms with van der Waals surface area (Å²) in [6, 6.07) is 0. The maximum absolute atomic E-state index is 4.52. The lowest BCUT2D eigenvalue weighted by Gasteiger charge is -1.95. The van der Waals surface area contributed by atoms with Crippen LogP contribution in [0.5, 0.6) is 0 Å². The minimum absolute atomic E-state index is 0.564. The fourth-order valence-corrected chi connectivity index (χ4v) is 0.799. The second-order valence-corrected chi connectivity index (χ2v) is 2.90. The highest BCUT2D eigenvalue weighted by Crippen LogP contribution is 1.98. The SMILES string of the molecule is CC(=C/C(C)C)/C=N/NC=S. The standard InChI is InChI=1S/C8H14N2S/c1-7(2)4-8(3)5-9-10-6-11/h4-7H,1-3H3,(H,10,11)/b8-4-,9-5+. The molecule has 0 aromatic rings. The van der Waals surface area contributed by atoms with Crippen molar-refractivity contribution in [3.05, 3.63) is 11.6 Å². The van der Waals surface area contributed by atoms with Crippen LogP contribution < -0.4 is 5.43 Å². The molecule has 0 saturated carbocycles. The molecule has 62 valence electrons.